The minimum absolute atomic E-state index is 0.0208. The number of primary amides is 1. The van der Waals surface area contributed by atoms with Gasteiger partial charge in [-0.2, -0.15) is 0 Å². The first-order valence-corrected chi connectivity index (χ1v) is 12.1. The number of carbonyl (C=O) groups is 2. The molecule has 2 aliphatic heterocycles. The fraction of sp³-hybridized carbons (Fsp3) is 0.789. The maximum Gasteiger partial charge on any atom is 0.469 e. The third-order valence-electron chi connectivity index (χ3n) is 5.63. The maximum absolute atomic E-state index is 11.9. The van der Waals surface area contributed by atoms with E-state index >= 15 is 0 Å². The van der Waals surface area contributed by atoms with Crippen LogP contribution >= 0.6 is 7.82 Å². The zero-order valence-corrected chi connectivity index (χ0v) is 18.3. The van der Waals surface area contributed by atoms with Crippen LogP contribution in [0.4, 0.5) is 0 Å². The smallest absolute Gasteiger partial charge is 0.388 e. The first kappa shape index (κ1) is 25.9. The number of rotatable bonds is 14. The lowest BCUT2D eigenvalue weighted by molar-refractivity contribution is -0.143. The van der Waals surface area contributed by atoms with Gasteiger partial charge in [0.2, 0.25) is 11.8 Å². The van der Waals surface area contributed by atoms with Gasteiger partial charge in [0, 0.05) is 18.8 Å². The zero-order valence-electron chi connectivity index (χ0n) is 17.4. The van der Waals surface area contributed by atoms with Crippen molar-refractivity contribution in [3.8, 4) is 0 Å². The van der Waals surface area contributed by atoms with E-state index in [0.717, 1.165) is 44.9 Å². The quantitative estimate of drug-likeness (QED) is 0.104. The van der Waals surface area contributed by atoms with Crippen LogP contribution < -0.4 is 5.73 Å². The molecule has 0 spiro atoms. The molecule has 2 rings (SSSR count). The second kappa shape index (κ2) is 12.1. The van der Waals surface area contributed by atoms with Crippen LogP contribution in [0.5, 0.6) is 0 Å². The van der Waals surface area contributed by atoms with Crippen molar-refractivity contribution in [3.05, 3.63) is 12.3 Å². The monoisotopic (exact) mass is 464 g/mol. The highest BCUT2D eigenvalue weighted by Gasteiger charge is 2.43. The summed E-state index contributed by atoms with van der Waals surface area (Å²) in [4.78, 5) is 41.5. The third kappa shape index (κ3) is 8.61. The number of hydrogen-bond donors (Lipinski definition) is 5. The van der Waals surface area contributed by atoms with Crippen LogP contribution in [0, 0.1) is 5.92 Å². The molecule has 2 aliphatic rings. The molecular weight excluding hydrogens is 431 g/mol. The largest absolute Gasteiger partial charge is 0.469 e. The number of unbranched alkanes of at least 4 members (excludes halogenated alkanes) is 5. The van der Waals surface area contributed by atoms with Gasteiger partial charge in [0.25, 0.3) is 0 Å². The normalized spacial score (nSPS) is 29.0. The Hall–Kier alpha value is -1.33. The van der Waals surface area contributed by atoms with Crippen molar-refractivity contribution >= 4 is 19.6 Å². The third-order valence-corrected chi connectivity index (χ3v) is 6.11. The van der Waals surface area contributed by atoms with Gasteiger partial charge in [0.1, 0.15) is 18.3 Å². The first-order chi connectivity index (χ1) is 14.6. The molecule has 5 unspecified atom stereocenters. The molecule has 0 bridgehead atoms. The molecule has 0 aliphatic carbocycles. The molecule has 178 valence electrons. The van der Waals surface area contributed by atoms with Gasteiger partial charge in [-0.3, -0.25) is 14.1 Å². The molecule has 31 heavy (non-hydrogen) atoms. The van der Waals surface area contributed by atoms with Crippen LogP contribution in [0.2, 0.25) is 0 Å². The Bertz CT molecular complexity index is 683. The predicted molar refractivity (Wildman–Crippen MR) is 109 cm³/mol. The summed E-state index contributed by atoms with van der Waals surface area (Å²) in [6.45, 7) is 0.139. The summed E-state index contributed by atoms with van der Waals surface area (Å²) in [5, 5.41) is 20.0. The number of hydrogen-bond acceptors (Lipinski definition) is 7. The number of carbonyl (C=O) groups excluding carboxylic acids is 2. The molecule has 0 aromatic rings. The summed E-state index contributed by atoms with van der Waals surface area (Å²) in [7, 11) is -4.66. The number of phosphoric ester groups is 1. The molecule has 5 atom stereocenters. The van der Waals surface area contributed by atoms with Gasteiger partial charge in [0.15, 0.2) is 0 Å². The number of nitrogens with zero attached hydrogens (tertiary/aromatic N) is 1. The Morgan fingerprint density at radius 1 is 1.10 bits per heavy atom. The van der Waals surface area contributed by atoms with Gasteiger partial charge in [-0.15, -0.1) is 0 Å². The molecule has 12 heteroatoms. The van der Waals surface area contributed by atoms with E-state index in [0.29, 0.717) is 13.0 Å². The number of aliphatic hydroxyl groups excluding tert-OH is 2. The number of likely N-dealkylation sites (tertiary alicyclic amines) is 1. The van der Waals surface area contributed by atoms with Crippen LogP contribution in [0.3, 0.4) is 0 Å². The molecule has 0 radical (unpaired) electrons. The Labute approximate surface area is 181 Å². The van der Waals surface area contributed by atoms with Gasteiger partial charge in [0.05, 0.1) is 18.6 Å². The average Bonchev–Trinajstić information content (AvgIpc) is 2.96. The lowest BCUT2D eigenvalue weighted by atomic mass is 9.92. The van der Waals surface area contributed by atoms with E-state index in [9.17, 15) is 24.4 Å². The van der Waals surface area contributed by atoms with Crippen LogP contribution in [0.15, 0.2) is 12.3 Å². The summed E-state index contributed by atoms with van der Waals surface area (Å²) in [5.41, 5.74) is 5.00. The number of ether oxygens (including phenoxy) is 1. The van der Waals surface area contributed by atoms with Crippen molar-refractivity contribution in [1.29, 1.82) is 0 Å². The summed E-state index contributed by atoms with van der Waals surface area (Å²) >= 11 is 0. The van der Waals surface area contributed by atoms with E-state index < -0.39 is 44.8 Å². The maximum atomic E-state index is 11.9. The first-order valence-electron chi connectivity index (χ1n) is 10.6. The van der Waals surface area contributed by atoms with Crippen molar-refractivity contribution < 1.29 is 43.4 Å². The lowest BCUT2D eigenvalue weighted by Crippen LogP contribution is -2.49. The summed E-state index contributed by atoms with van der Waals surface area (Å²) in [5.74, 6) is -0.526. The second-order valence-electron chi connectivity index (χ2n) is 8.08. The van der Waals surface area contributed by atoms with E-state index in [1.54, 1.807) is 0 Å². The van der Waals surface area contributed by atoms with Gasteiger partial charge >= 0.3 is 7.82 Å². The lowest BCUT2D eigenvalue weighted by Gasteiger charge is -2.35. The highest BCUT2D eigenvalue weighted by Crippen LogP contribution is 2.37. The summed E-state index contributed by atoms with van der Waals surface area (Å²) in [6.07, 6.45) is 5.81. The summed E-state index contributed by atoms with van der Waals surface area (Å²) in [6, 6.07) is 0. The molecule has 2 fully saturated rings. The highest BCUT2D eigenvalue weighted by atomic mass is 31.2. The van der Waals surface area contributed by atoms with Crippen molar-refractivity contribution in [2.45, 2.75) is 75.8 Å². The fourth-order valence-corrected chi connectivity index (χ4v) is 4.20. The molecule has 2 amide bonds. The standard InChI is InChI=1S/C19H33N2O9P/c20-16(22)9-10-21-11-13(19(21)25)7-5-3-1-2-4-6-8-14-17(23)18(24)15(30-14)12-29-31(26,27)28/h9-10,13-15,17-18,23-24H,1-8,11-12H2,(H2,20,22)(H2,26,27,28)/b10-9-. The van der Waals surface area contributed by atoms with Gasteiger partial charge in [-0.1, -0.05) is 38.5 Å². The average molecular weight is 464 g/mol. The molecule has 6 N–H and O–H groups in total. The topological polar surface area (TPSA) is 180 Å². The van der Waals surface area contributed by atoms with Gasteiger partial charge < -0.3 is 35.4 Å². The Morgan fingerprint density at radius 3 is 2.26 bits per heavy atom. The molecule has 0 aromatic heterocycles. The van der Waals surface area contributed by atoms with Crippen LogP contribution in [-0.4, -0.2) is 74.3 Å². The summed E-state index contributed by atoms with van der Waals surface area (Å²) < 4.78 is 20.6. The van der Waals surface area contributed by atoms with E-state index in [2.05, 4.69) is 4.52 Å². The van der Waals surface area contributed by atoms with E-state index in [1.165, 1.54) is 17.2 Å². The van der Waals surface area contributed by atoms with E-state index in [4.69, 9.17) is 20.3 Å². The number of phosphoric acid groups is 1. The van der Waals surface area contributed by atoms with Crippen molar-refractivity contribution in [1.82, 2.24) is 4.90 Å². The molecular formula is C19H33N2O9P. The predicted octanol–water partition coefficient (Wildman–Crippen LogP) is 0.163. The Kier molecular flexibility index (Phi) is 10.1. The van der Waals surface area contributed by atoms with Crippen molar-refractivity contribution in [2.75, 3.05) is 13.2 Å². The minimum Gasteiger partial charge on any atom is -0.388 e. The molecule has 2 saturated heterocycles. The Morgan fingerprint density at radius 2 is 1.68 bits per heavy atom. The number of aliphatic hydroxyl groups is 2. The van der Waals surface area contributed by atoms with Crippen LogP contribution in [0.1, 0.15) is 51.4 Å². The molecule has 11 nitrogen and oxygen atoms in total. The van der Waals surface area contributed by atoms with Gasteiger partial charge in [-0.25, -0.2) is 4.57 Å². The van der Waals surface area contributed by atoms with Crippen molar-refractivity contribution in [2.24, 2.45) is 11.7 Å². The minimum atomic E-state index is -4.66. The van der Waals surface area contributed by atoms with Crippen LogP contribution in [-0.2, 0) is 23.4 Å². The van der Waals surface area contributed by atoms with E-state index in [1.807, 2.05) is 0 Å². The second-order valence-corrected chi connectivity index (χ2v) is 9.32. The Balaban J connectivity index is 1.49. The number of nitrogens with two attached hydrogens (primary N) is 1. The molecule has 0 saturated carbocycles. The molecule has 0 aromatic carbocycles. The van der Waals surface area contributed by atoms with E-state index in [-0.39, 0.29) is 11.8 Å². The zero-order chi connectivity index (χ0) is 23.0. The molecule has 2 heterocycles. The van der Waals surface area contributed by atoms with Crippen molar-refractivity contribution in [3.63, 3.8) is 0 Å². The SMILES string of the molecule is NC(=O)/C=C\N1CC(CCCCCCCCC2OC(COP(=O)(O)O)C(O)C2O)C1=O. The number of β-lactam (4-membered cyclic amide) rings is 1. The highest BCUT2D eigenvalue weighted by molar-refractivity contribution is 7.46. The fourth-order valence-electron chi connectivity index (χ4n) is 3.86. The number of amides is 2. The van der Waals surface area contributed by atoms with Crippen LogP contribution in [0.25, 0.3) is 0 Å². The van der Waals surface area contributed by atoms with Gasteiger partial charge in [-0.05, 0) is 12.8 Å².